The zero-order valence-electron chi connectivity index (χ0n) is 6.22. The molecule has 0 fully saturated rings. The predicted octanol–water partition coefficient (Wildman–Crippen LogP) is 0.834. The van der Waals surface area contributed by atoms with Gasteiger partial charge in [-0.25, -0.2) is 0 Å². The Hall–Kier alpha value is -0.570. The number of carboxylic acid groups (broad SMARTS) is 1. The van der Waals surface area contributed by atoms with Crippen LogP contribution in [0.15, 0.2) is 0 Å². The van der Waals surface area contributed by atoms with Crippen molar-refractivity contribution in [2.75, 3.05) is 0 Å². The van der Waals surface area contributed by atoms with Crippen LogP contribution in [-0.4, -0.2) is 17.1 Å². The van der Waals surface area contributed by atoms with Gasteiger partial charge in [0.2, 0.25) is 0 Å². The number of hydrogen-bond donors (Lipinski definition) is 2. The van der Waals surface area contributed by atoms with Gasteiger partial charge in [-0.3, -0.25) is 4.79 Å². The number of nitrogens with two attached hydrogens (primary N) is 1. The van der Waals surface area contributed by atoms with Gasteiger partial charge in [-0.15, -0.1) is 0 Å². The Morgan fingerprint density at radius 1 is 1.67 bits per heavy atom. The Morgan fingerprint density at radius 2 is 1.78 bits per heavy atom. The first-order valence-electron chi connectivity index (χ1n) is 2.98. The second-order valence-electron chi connectivity index (χ2n) is 1.99. The van der Waals surface area contributed by atoms with Gasteiger partial charge in [-0.1, -0.05) is 20.8 Å². The van der Waals surface area contributed by atoms with Crippen molar-refractivity contribution in [2.45, 2.75) is 33.2 Å². The average Bonchev–Trinajstić information content (AvgIpc) is 1.65. The third kappa shape index (κ3) is 107. The molecule has 0 rings (SSSR count). The van der Waals surface area contributed by atoms with E-state index >= 15 is 0 Å². The van der Waals surface area contributed by atoms with Crippen molar-refractivity contribution in [3.8, 4) is 0 Å². The zero-order chi connectivity index (χ0) is 7.86. The van der Waals surface area contributed by atoms with Crippen molar-refractivity contribution < 1.29 is 9.90 Å². The molecule has 0 amide bonds. The molecule has 3 nitrogen and oxygen atoms in total. The molecule has 56 valence electrons. The SMILES string of the molecule is CC(C)N.CCC(=O)O. The minimum absolute atomic E-state index is 0.222. The Kier molecular flexibility index (Phi) is 9.29. The fraction of sp³-hybridized carbons (Fsp3) is 0.833. The summed E-state index contributed by atoms with van der Waals surface area (Å²) in [5.41, 5.74) is 5.11. The highest BCUT2D eigenvalue weighted by atomic mass is 16.4. The van der Waals surface area contributed by atoms with Crippen LogP contribution in [0, 0.1) is 0 Å². The molecule has 0 unspecified atom stereocenters. The lowest BCUT2D eigenvalue weighted by Crippen LogP contribution is -2.06. The second-order valence-corrected chi connectivity index (χ2v) is 1.99. The lowest BCUT2D eigenvalue weighted by molar-refractivity contribution is -0.136. The predicted molar refractivity (Wildman–Crippen MR) is 37.3 cm³/mol. The van der Waals surface area contributed by atoms with E-state index in [-0.39, 0.29) is 6.42 Å². The van der Waals surface area contributed by atoms with Gasteiger partial charge in [0.1, 0.15) is 0 Å². The van der Waals surface area contributed by atoms with Crippen molar-refractivity contribution in [1.82, 2.24) is 0 Å². The molecule has 0 aliphatic rings. The van der Waals surface area contributed by atoms with E-state index in [1.807, 2.05) is 13.8 Å². The largest absolute Gasteiger partial charge is 0.481 e. The lowest BCUT2D eigenvalue weighted by Gasteiger charge is -1.81. The molecule has 0 saturated heterocycles. The van der Waals surface area contributed by atoms with Gasteiger partial charge in [0.15, 0.2) is 0 Å². The van der Waals surface area contributed by atoms with Gasteiger partial charge in [-0.05, 0) is 6.04 Å². The van der Waals surface area contributed by atoms with Crippen molar-refractivity contribution in [1.29, 1.82) is 0 Å². The Morgan fingerprint density at radius 3 is 1.78 bits per heavy atom. The van der Waals surface area contributed by atoms with Crippen molar-refractivity contribution in [2.24, 2.45) is 5.73 Å². The Bertz CT molecular complexity index is 68.7. The van der Waals surface area contributed by atoms with Crippen molar-refractivity contribution >= 4 is 5.97 Å². The van der Waals surface area contributed by atoms with Crippen molar-refractivity contribution in [3.05, 3.63) is 0 Å². The quantitative estimate of drug-likeness (QED) is 0.557. The summed E-state index contributed by atoms with van der Waals surface area (Å²) in [5, 5.41) is 7.72. The minimum atomic E-state index is -0.745. The minimum Gasteiger partial charge on any atom is -0.481 e. The van der Waals surface area contributed by atoms with E-state index in [2.05, 4.69) is 0 Å². The first-order valence-corrected chi connectivity index (χ1v) is 2.98. The van der Waals surface area contributed by atoms with E-state index < -0.39 is 5.97 Å². The molecular formula is C6H15NO2. The molecule has 0 atom stereocenters. The summed E-state index contributed by atoms with van der Waals surface area (Å²) in [6.45, 7) is 5.49. The second kappa shape index (κ2) is 7.43. The molecule has 0 aliphatic heterocycles. The average molecular weight is 133 g/mol. The molecule has 0 saturated carbocycles. The summed E-state index contributed by atoms with van der Waals surface area (Å²) in [7, 11) is 0. The summed E-state index contributed by atoms with van der Waals surface area (Å²) in [4.78, 5) is 9.37. The van der Waals surface area contributed by atoms with Gasteiger partial charge in [-0.2, -0.15) is 0 Å². The Labute approximate surface area is 55.9 Å². The van der Waals surface area contributed by atoms with E-state index in [0.717, 1.165) is 0 Å². The van der Waals surface area contributed by atoms with Crippen LogP contribution < -0.4 is 5.73 Å². The first kappa shape index (κ1) is 11.3. The summed E-state index contributed by atoms with van der Waals surface area (Å²) < 4.78 is 0. The molecular weight excluding hydrogens is 118 g/mol. The number of rotatable bonds is 1. The normalized spacial score (nSPS) is 8.11. The monoisotopic (exact) mass is 133 g/mol. The number of carboxylic acids is 1. The fourth-order valence-corrected chi connectivity index (χ4v) is 0. The molecule has 3 N–H and O–H groups in total. The van der Waals surface area contributed by atoms with Gasteiger partial charge in [0.25, 0.3) is 0 Å². The van der Waals surface area contributed by atoms with E-state index in [1.165, 1.54) is 0 Å². The molecule has 9 heavy (non-hydrogen) atoms. The molecule has 0 heterocycles. The number of carbonyl (C=O) groups is 1. The van der Waals surface area contributed by atoms with E-state index in [0.29, 0.717) is 6.04 Å². The zero-order valence-corrected chi connectivity index (χ0v) is 6.22. The van der Waals surface area contributed by atoms with Gasteiger partial charge in [0, 0.05) is 6.42 Å². The summed E-state index contributed by atoms with van der Waals surface area (Å²) in [6, 6.07) is 0.333. The maximum Gasteiger partial charge on any atom is 0.303 e. The van der Waals surface area contributed by atoms with E-state index in [1.54, 1.807) is 6.92 Å². The highest BCUT2D eigenvalue weighted by Gasteiger charge is 1.80. The van der Waals surface area contributed by atoms with Crippen LogP contribution >= 0.6 is 0 Å². The summed E-state index contributed by atoms with van der Waals surface area (Å²) in [6.07, 6.45) is 0.222. The van der Waals surface area contributed by atoms with Crippen molar-refractivity contribution in [3.63, 3.8) is 0 Å². The number of aliphatic carboxylic acids is 1. The molecule has 0 spiro atoms. The Balaban J connectivity index is 0. The third-order valence-corrected chi connectivity index (χ3v) is 0.302. The van der Waals surface area contributed by atoms with Crippen LogP contribution in [-0.2, 0) is 4.79 Å². The topological polar surface area (TPSA) is 63.3 Å². The molecule has 0 radical (unpaired) electrons. The molecule has 0 aromatic carbocycles. The van der Waals surface area contributed by atoms with Gasteiger partial charge < -0.3 is 10.8 Å². The molecule has 3 heteroatoms. The van der Waals surface area contributed by atoms with Crippen LogP contribution in [0.25, 0.3) is 0 Å². The molecule has 0 bridgehead atoms. The highest BCUT2D eigenvalue weighted by molar-refractivity contribution is 5.66. The van der Waals surface area contributed by atoms with E-state index in [9.17, 15) is 4.79 Å². The third-order valence-electron chi connectivity index (χ3n) is 0.302. The standard InChI is InChI=1S/C3H9N.C3H6O2/c1-3(2)4;1-2-3(4)5/h3H,4H2,1-2H3;2H2,1H3,(H,4,5). The van der Waals surface area contributed by atoms with Crippen LogP contribution in [0.1, 0.15) is 27.2 Å². The van der Waals surface area contributed by atoms with Crippen LogP contribution in [0.4, 0.5) is 0 Å². The molecule has 0 aliphatic carbocycles. The van der Waals surface area contributed by atoms with E-state index in [4.69, 9.17) is 10.8 Å². The van der Waals surface area contributed by atoms with Gasteiger partial charge >= 0.3 is 5.97 Å². The smallest absolute Gasteiger partial charge is 0.303 e. The van der Waals surface area contributed by atoms with Crippen LogP contribution in [0.3, 0.4) is 0 Å². The fourth-order valence-electron chi connectivity index (χ4n) is 0. The van der Waals surface area contributed by atoms with Crippen LogP contribution in [0.5, 0.6) is 0 Å². The summed E-state index contributed by atoms with van der Waals surface area (Å²) in [5.74, 6) is -0.745. The number of hydrogen-bond acceptors (Lipinski definition) is 2. The maximum atomic E-state index is 9.37. The molecule has 0 aromatic rings. The summed E-state index contributed by atoms with van der Waals surface area (Å²) >= 11 is 0. The lowest BCUT2D eigenvalue weighted by atomic mass is 10.5. The molecule has 0 aromatic heterocycles. The van der Waals surface area contributed by atoms with Crippen LogP contribution in [0.2, 0.25) is 0 Å². The highest BCUT2D eigenvalue weighted by Crippen LogP contribution is 1.67. The first-order chi connectivity index (χ1) is 4.00. The van der Waals surface area contributed by atoms with Gasteiger partial charge in [0.05, 0.1) is 0 Å². The maximum absolute atomic E-state index is 9.37.